The minimum Gasteiger partial charge on any atom is -0.368 e. The van der Waals surface area contributed by atoms with Gasteiger partial charge in [-0.05, 0) is 61.8 Å². The third-order valence-corrected chi connectivity index (χ3v) is 5.46. The maximum absolute atomic E-state index is 14.0. The molecule has 0 amide bonds. The number of anilines is 1. The maximum Gasteiger partial charge on any atom is 0.125 e. The molecule has 0 radical (unpaired) electrons. The first-order valence-corrected chi connectivity index (χ1v) is 8.59. The van der Waals surface area contributed by atoms with Gasteiger partial charge in [-0.3, -0.25) is 0 Å². The smallest absolute Gasteiger partial charge is 0.125 e. The van der Waals surface area contributed by atoms with Crippen LogP contribution in [-0.2, 0) is 6.54 Å². The van der Waals surface area contributed by atoms with Gasteiger partial charge in [0.2, 0.25) is 0 Å². The maximum atomic E-state index is 14.0. The summed E-state index contributed by atoms with van der Waals surface area (Å²) >= 11 is 0. The van der Waals surface area contributed by atoms with Crippen LogP contribution in [0.2, 0.25) is 0 Å². The van der Waals surface area contributed by atoms with Gasteiger partial charge in [0.05, 0.1) is 0 Å². The van der Waals surface area contributed by atoms with Gasteiger partial charge in [-0.2, -0.15) is 0 Å². The zero-order valence-corrected chi connectivity index (χ0v) is 12.7. The molecule has 2 unspecified atom stereocenters. The van der Waals surface area contributed by atoms with Gasteiger partial charge < -0.3 is 10.2 Å². The van der Waals surface area contributed by atoms with Crippen LogP contribution in [0.5, 0.6) is 0 Å². The molecule has 1 N–H and O–H groups in total. The largest absolute Gasteiger partial charge is 0.368 e. The number of nitrogens with zero attached hydrogens (tertiary/aromatic N) is 1. The molecule has 3 heteroatoms. The van der Waals surface area contributed by atoms with E-state index in [2.05, 4.69) is 16.3 Å². The Morgan fingerprint density at radius 3 is 2.76 bits per heavy atom. The Morgan fingerprint density at radius 2 is 1.90 bits per heavy atom. The summed E-state index contributed by atoms with van der Waals surface area (Å²) in [6.45, 7) is 1.91. The molecule has 0 aromatic heterocycles. The molecule has 1 aromatic carbocycles. The van der Waals surface area contributed by atoms with Gasteiger partial charge >= 0.3 is 0 Å². The lowest BCUT2D eigenvalue weighted by Crippen LogP contribution is -2.34. The molecule has 1 aliphatic heterocycles. The molecule has 3 fully saturated rings. The number of halogens is 1. The first kappa shape index (κ1) is 13.6. The van der Waals surface area contributed by atoms with E-state index in [0.29, 0.717) is 12.1 Å². The molecule has 0 bridgehead atoms. The van der Waals surface area contributed by atoms with Crippen molar-refractivity contribution in [3.63, 3.8) is 0 Å². The van der Waals surface area contributed by atoms with Crippen molar-refractivity contribution < 1.29 is 4.39 Å². The molecule has 1 aromatic rings. The fraction of sp³-hybridized carbons (Fsp3) is 0.667. The van der Waals surface area contributed by atoms with Crippen molar-refractivity contribution in [1.29, 1.82) is 0 Å². The minimum atomic E-state index is -0.0839. The third-order valence-electron chi connectivity index (χ3n) is 5.46. The van der Waals surface area contributed by atoms with E-state index in [9.17, 15) is 4.39 Å². The van der Waals surface area contributed by atoms with Crippen molar-refractivity contribution in [2.24, 2.45) is 5.92 Å². The van der Waals surface area contributed by atoms with E-state index in [1.54, 1.807) is 12.1 Å². The monoisotopic (exact) mass is 288 g/mol. The number of benzene rings is 1. The predicted octanol–water partition coefficient (Wildman–Crippen LogP) is 3.85. The van der Waals surface area contributed by atoms with E-state index in [1.807, 2.05) is 0 Å². The standard InChI is InChI=1S/C18H25FN2/c19-15-9-13(12-20-16-5-6-16)10-17(11-15)21-8-7-14-3-1-2-4-18(14)21/h9-11,14,16,18,20H,1-8,12H2. The molecular formula is C18H25FN2. The molecule has 0 spiro atoms. The molecular weight excluding hydrogens is 263 g/mol. The van der Waals surface area contributed by atoms with Crippen molar-refractivity contribution in [1.82, 2.24) is 5.32 Å². The zero-order chi connectivity index (χ0) is 14.2. The Morgan fingerprint density at radius 1 is 1.05 bits per heavy atom. The van der Waals surface area contributed by atoms with Crippen LogP contribution in [0.1, 0.15) is 50.5 Å². The number of nitrogens with one attached hydrogen (secondary N) is 1. The summed E-state index contributed by atoms with van der Waals surface area (Å²) in [6, 6.07) is 6.96. The Hall–Kier alpha value is -1.09. The van der Waals surface area contributed by atoms with Gasteiger partial charge in [0.25, 0.3) is 0 Å². The third kappa shape index (κ3) is 2.94. The molecule has 1 heterocycles. The van der Waals surface area contributed by atoms with Crippen LogP contribution in [0.25, 0.3) is 0 Å². The van der Waals surface area contributed by atoms with Crippen LogP contribution >= 0.6 is 0 Å². The quantitative estimate of drug-likeness (QED) is 0.905. The summed E-state index contributed by atoms with van der Waals surface area (Å²) in [5.41, 5.74) is 2.20. The van der Waals surface area contributed by atoms with E-state index in [0.717, 1.165) is 30.3 Å². The number of rotatable bonds is 4. The topological polar surface area (TPSA) is 15.3 Å². The lowest BCUT2D eigenvalue weighted by Gasteiger charge is -2.33. The van der Waals surface area contributed by atoms with E-state index < -0.39 is 0 Å². The van der Waals surface area contributed by atoms with E-state index >= 15 is 0 Å². The zero-order valence-electron chi connectivity index (χ0n) is 12.7. The van der Waals surface area contributed by atoms with Gasteiger partial charge in [-0.15, -0.1) is 0 Å². The first-order chi connectivity index (χ1) is 10.3. The number of fused-ring (bicyclic) bond motifs is 1. The van der Waals surface area contributed by atoms with E-state index in [4.69, 9.17) is 0 Å². The molecule has 2 saturated carbocycles. The highest BCUT2D eigenvalue weighted by molar-refractivity contribution is 5.51. The second kappa shape index (κ2) is 5.60. The van der Waals surface area contributed by atoms with Crippen molar-refractivity contribution in [3.8, 4) is 0 Å². The average molecular weight is 288 g/mol. The molecule has 21 heavy (non-hydrogen) atoms. The van der Waals surface area contributed by atoms with Crippen molar-refractivity contribution in [3.05, 3.63) is 29.6 Å². The van der Waals surface area contributed by atoms with Crippen LogP contribution in [0.15, 0.2) is 18.2 Å². The Balaban J connectivity index is 1.52. The molecule has 2 atom stereocenters. The molecule has 1 saturated heterocycles. The van der Waals surface area contributed by atoms with Crippen molar-refractivity contribution in [2.75, 3.05) is 11.4 Å². The summed E-state index contributed by atoms with van der Waals surface area (Å²) in [7, 11) is 0. The minimum absolute atomic E-state index is 0.0839. The van der Waals surface area contributed by atoms with E-state index in [1.165, 1.54) is 44.9 Å². The first-order valence-electron chi connectivity index (χ1n) is 8.59. The SMILES string of the molecule is Fc1cc(CNC2CC2)cc(N2CCC3CCCCC32)c1. The van der Waals surface area contributed by atoms with Crippen LogP contribution in [0.4, 0.5) is 10.1 Å². The van der Waals surface area contributed by atoms with Gasteiger partial charge in [0.15, 0.2) is 0 Å². The lowest BCUT2D eigenvalue weighted by molar-refractivity contribution is 0.342. The molecule has 2 nitrogen and oxygen atoms in total. The summed E-state index contributed by atoms with van der Waals surface area (Å²) in [5.74, 6) is 0.759. The summed E-state index contributed by atoms with van der Waals surface area (Å²) in [6.07, 6.45) is 9.22. The summed E-state index contributed by atoms with van der Waals surface area (Å²) in [4.78, 5) is 2.48. The molecule has 4 rings (SSSR count). The Labute approximate surface area is 126 Å². The highest BCUT2D eigenvalue weighted by Crippen LogP contribution is 2.39. The van der Waals surface area contributed by atoms with Crippen molar-refractivity contribution in [2.45, 2.75) is 63.6 Å². The fourth-order valence-electron chi connectivity index (χ4n) is 4.18. The average Bonchev–Trinajstić information content (AvgIpc) is 3.22. The number of hydrogen-bond acceptors (Lipinski definition) is 2. The highest BCUT2D eigenvalue weighted by atomic mass is 19.1. The predicted molar refractivity (Wildman–Crippen MR) is 84.0 cm³/mol. The second-order valence-corrected chi connectivity index (χ2v) is 7.07. The Bertz CT molecular complexity index is 512. The number of hydrogen-bond donors (Lipinski definition) is 1. The molecule has 114 valence electrons. The van der Waals surface area contributed by atoms with Gasteiger partial charge in [-0.1, -0.05) is 12.8 Å². The van der Waals surface area contributed by atoms with Gasteiger partial charge in [0, 0.05) is 30.9 Å². The van der Waals surface area contributed by atoms with Crippen LogP contribution < -0.4 is 10.2 Å². The second-order valence-electron chi connectivity index (χ2n) is 7.07. The lowest BCUT2D eigenvalue weighted by atomic mass is 9.85. The summed E-state index contributed by atoms with van der Waals surface area (Å²) < 4.78 is 14.0. The Kier molecular flexibility index (Phi) is 3.62. The van der Waals surface area contributed by atoms with E-state index in [-0.39, 0.29) is 5.82 Å². The summed E-state index contributed by atoms with van der Waals surface area (Å²) in [5, 5.41) is 3.49. The van der Waals surface area contributed by atoms with Crippen LogP contribution in [0.3, 0.4) is 0 Å². The fourth-order valence-corrected chi connectivity index (χ4v) is 4.18. The van der Waals surface area contributed by atoms with Crippen LogP contribution in [0, 0.1) is 11.7 Å². The molecule has 3 aliphatic rings. The van der Waals surface area contributed by atoms with Gasteiger partial charge in [0.1, 0.15) is 5.82 Å². The van der Waals surface area contributed by atoms with Crippen molar-refractivity contribution >= 4 is 5.69 Å². The van der Waals surface area contributed by atoms with Crippen LogP contribution in [-0.4, -0.2) is 18.6 Å². The highest BCUT2D eigenvalue weighted by Gasteiger charge is 2.35. The molecule has 2 aliphatic carbocycles. The van der Waals surface area contributed by atoms with Gasteiger partial charge in [-0.25, -0.2) is 4.39 Å². The normalized spacial score (nSPS) is 28.7.